The van der Waals surface area contributed by atoms with Crippen LogP contribution in [0.3, 0.4) is 0 Å². The Morgan fingerprint density at radius 3 is 1.83 bits per heavy atom. The Balaban J connectivity index is 1.83. The maximum atomic E-state index is 9.88. The minimum absolute atomic E-state index is 0.165. The predicted molar refractivity (Wildman–Crippen MR) is 94.2 cm³/mol. The first-order valence-electron chi connectivity index (χ1n) is 7.55. The van der Waals surface area contributed by atoms with Crippen molar-refractivity contribution in [1.82, 2.24) is 0 Å². The lowest BCUT2D eigenvalue weighted by Crippen LogP contribution is -2.36. The average Bonchev–Trinajstić information content (AvgIpc) is 2.60. The molecule has 2 aromatic carbocycles. The molecule has 0 bridgehead atoms. The summed E-state index contributed by atoms with van der Waals surface area (Å²) in [6.07, 6.45) is -1.64. The molecule has 2 atom stereocenters. The number of aliphatic hydroxyl groups excluding tert-OH is 2. The van der Waals surface area contributed by atoms with Gasteiger partial charge in [-0.2, -0.15) is 0 Å². The summed E-state index contributed by atoms with van der Waals surface area (Å²) in [5.41, 5.74) is 1.89. The van der Waals surface area contributed by atoms with Gasteiger partial charge in [-0.25, -0.2) is 0 Å². The molecule has 0 spiro atoms. The molecule has 0 saturated carbocycles. The number of ether oxygens (including phenoxy) is 2. The maximum Gasteiger partial charge on any atom is 0.109 e. The highest BCUT2D eigenvalue weighted by Crippen LogP contribution is 2.13. The van der Waals surface area contributed by atoms with Crippen LogP contribution in [0.25, 0.3) is 0 Å². The zero-order valence-corrected chi connectivity index (χ0v) is 14.6. The number of benzene rings is 2. The third-order valence-corrected chi connectivity index (χ3v) is 3.96. The average molecular weight is 371 g/mol. The predicted octanol–water partition coefficient (Wildman–Crippen LogP) is 3.45. The Morgan fingerprint density at radius 2 is 1.33 bits per heavy atom. The number of rotatable bonds is 9. The summed E-state index contributed by atoms with van der Waals surface area (Å²) in [5, 5.41) is 20.4. The molecule has 0 unspecified atom stereocenters. The van der Waals surface area contributed by atoms with Gasteiger partial charge in [-0.05, 0) is 35.4 Å². The van der Waals surface area contributed by atoms with Crippen molar-refractivity contribution in [2.75, 3.05) is 13.2 Å². The van der Waals surface area contributed by atoms with Crippen molar-refractivity contribution >= 4 is 23.2 Å². The second-order valence-electron chi connectivity index (χ2n) is 5.37. The van der Waals surface area contributed by atoms with Gasteiger partial charge >= 0.3 is 0 Å². The number of halogens is 2. The van der Waals surface area contributed by atoms with Crippen molar-refractivity contribution in [2.24, 2.45) is 0 Å². The first-order chi connectivity index (χ1) is 11.6. The lowest BCUT2D eigenvalue weighted by molar-refractivity contribution is -0.102. The summed E-state index contributed by atoms with van der Waals surface area (Å²) < 4.78 is 11.3. The molecule has 24 heavy (non-hydrogen) atoms. The van der Waals surface area contributed by atoms with Gasteiger partial charge in [-0.3, -0.25) is 0 Å². The Hall–Kier alpha value is -1.14. The molecule has 2 N–H and O–H groups in total. The van der Waals surface area contributed by atoms with Crippen LogP contribution < -0.4 is 0 Å². The molecular formula is C18H20Cl2O4. The summed E-state index contributed by atoms with van der Waals surface area (Å²) in [5.74, 6) is 0. The summed E-state index contributed by atoms with van der Waals surface area (Å²) >= 11 is 11.7. The van der Waals surface area contributed by atoms with E-state index in [1.807, 2.05) is 24.3 Å². The van der Waals surface area contributed by atoms with Gasteiger partial charge in [-0.15, -0.1) is 0 Å². The summed E-state index contributed by atoms with van der Waals surface area (Å²) in [4.78, 5) is 0. The quantitative estimate of drug-likeness (QED) is 0.709. The van der Waals surface area contributed by atoms with E-state index in [1.54, 1.807) is 24.3 Å². The summed E-state index contributed by atoms with van der Waals surface area (Å²) in [7, 11) is 0. The van der Waals surface area contributed by atoms with Gasteiger partial charge in [0.1, 0.15) is 12.2 Å². The Morgan fingerprint density at radius 1 is 0.833 bits per heavy atom. The summed E-state index contributed by atoms with van der Waals surface area (Å²) in [6.45, 7) is 0.437. The molecule has 0 amide bonds. The van der Waals surface area contributed by atoms with Crippen molar-refractivity contribution in [1.29, 1.82) is 0 Å². The zero-order valence-electron chi connectivity index (χ0n) is 13.1. The van der Waals surface area contributed by atoms with Gasteiger partial charge < -0.3 is 19.7 Å². The molecule has 0 fully saturated rings. The van der Waals surface area contributed by atoms with E-state index in [-0.39, 0.29) is 6.61 Å². The van der Waals surface area contributed by atoms with Crippen LogP contribution in [0.4, 0.5) is 0 Å². The summed E-state index contributed by atoms with van der Waals surface area (Å²) in [6, 6.07) is 14.6. The number of hydrogen-bond acceptors (Lipinski definition) is 4. The fraction of sp³-hybridized carbons (Fsp3) is 0.333. The molecule has 2 aromatic rings. The fourth-order valence-electron chi connectivity index (χ4n) is 2.05. The highest BCUT2D eigenvalue weighted by atomic mass is 35.5. The molecule has 0 aliphatic carbocycles. The van der Waals surface area contributed by atoms with Crippen molar-refractivity contribution in [2.45, 2.75) is 25.4 Å². The monoisotopic (exact) mass is 370 g/mol. The molecule has 4 nitrogen and oxygen atoms in total. The van der Waals surface area contributed by atoms with E-state index in [4.69, 9.17) is 37.8 Å². The van der Waals surface area contributed by atoms with Crippen LogP contribution in [0.1, 0.15) is 11.1 Å². The van der Waals surface area contributed by atoms with Gasteiger partial charge in [0, 0.05) is 10.0 Å². The fourth-order valence-corrected chi connectivity index (χ4v) is 2.30. The second-order valence-corrected chi connectivity index (χ2v) is 6.24. The lowest BCUT2D eigenvalue weighted by atomic mass is 10.2. The maximum absolute atomic E-state index is 9.88. The second kappa shape index (κ2) is 9.99. The van der Waals surface area contributed by atoms with Crippen molar-refractivity contribution in [3.63, 3.8) is 0 Å². The topological polar surface area (TPSA) is 58.9 Å². The number of aliphatic hydroxyl groups is 2. The van der Waals surface area contributed by atoms with Gasteiger partial charge in [0.15, 0.2) is 0 Å². The molecule has 0 heterocycles. The Labute approximate surface area is 151 Å². The molecule has 0 aromatic heterocycles. The first-order valence-corrected chi connectivity index (χ1v) is 8.31. The van der Waals surface area contributed by atoms with Crippen LogP contribution in [-0.4, -0.2) is 35.6 Å². The van der Waals surface area contributed by atoms with E-state index < -0.39 is 18.8 Å². The van der Waals surface area contributed by atoms with Crippen LogP contribution >= 0.6 is 23.2 Å². The molecular weight excluding hydrogens is 351 g/mol. The van der Waals surface area contributed by atoms with E-state index in [1.165, 1.54) is 0 Å². The van der Waals surface area contributed by atoms with E-state index in [0.29, 0.717) is 23.3 Å². The third-order valence-electron chi connectivity index (χ3n) is 3.46. The van der Waals surface area contributed by atoms with E-state index in [2.05, 4.69) is 0 Å². The Kier molecular flexibility index (Phi) is 7.99. The van der Waals surface area contributed by atoms with E-state index in [0.717, 1.165) is 11.1 Å². The minimum Gasteiger partial charge on any atom is -0.394 e. The molecule has 6 heteroatoms. The van der Waals surface area contributed by atoms with Gasteiger partial charge in [-0.1, -0.05) is 47.5 Å². The molecule has 0 aliphatic rings. The van der Waals surface area contributed by atoms with Crippen LogP contribution in [0.5, 0.6) is 0 Å². The van der Waals surface area contributed by atoms with Gasteiger partial charge in [0.2, 0.25) is 0 Å². The van der Waals surface area contributed by atoms with Gasteiger partial charge in [0.25, 0.3) is 0 Å². The largest absolute Gasteiger partial charge is 0.394 e. The zero-order chi connectivity index (χ0) is 17.4. The van der Waals surface area contributed by atoms with Crippen molar-refractivity contribution in [3.05, 3.63) is 69.7 Å². The highest BCUT2D eigenvalue weighted by molar-refractivity contribution is 6.30. The first kappa shape index (κ1) is 19.2. The minimum atomic E-state index is -1.01. The van der Waals surface area contributed by atoms with Crippen LogP contribution in [-0.2, 0) is 22.7 Å². The molecule has 2 rings (SSSR count). The van der Waals surface area contributed by atoms with Crippen LogP contribution in [0.2, 0.25) is 10.0 Å². The highest BCUT2D eigenvalue weighted by Gasteiger charge is 2.19. The van der Waals surface area contributed by atoms with Crippen LogP contribution in [0.15, 0.2) is 48.5 Å². The lowest BCUT2D eigenvalue weighted by Gasteiger charge is -2.22. The van der Waals surface area contributed by atoms with Crippen molar-refractivity contribution < 1.29 is 19.7 Å². The normalized spacial score (nSPS) is 13.7. The van der Waals surface area contributed by atoms with E-state index in [9.17, 15) is 5.11 Å². The third kappa shape index (κ3) is 6.40. The molecule has 0 radical (unpaired) electrons. The van der Waals surface area contributed by atoms with Crippen LogP contribution in [0, 0.1) is 0 Å². The SMILES string of the molecule is OC[C@@H](O)[C@@H](COCc1ccc(Cl)cc1)OCc1ccc(Cl)cc1. The molecule has 0 aliphatic heterocycles. The van der Waals surface area contributed by atoms with Gasteiger partial charge in [0.05, 0.1) is 26.4 Å². The van der Waals surface area contributed by atoms with E-state index >= 15 is 0 Å². The Bertz CT molecular complexity index is 601. The van der Waals surface area contributed by atoms with Crippen molar-refractivity contribution in [3.8, 4) is 0 Å². The molecule has 130 valence electrons. The smallest absolute Gasteiger partial charge is 0.109 e. The number of hydrogen-bond donors (Lipinski definition) is 2. The molecule has 0 saturated heterocycles. The standard InChI is InChI=1S/C18H20Cl2O4/c19-15-5-1-13(2-6-15)10-23-12-18(17(22)9-21)24-11-14-3-7-16(20)8-4-14/h1-8,17-18,21-22H,9-12H2/t17-,18-/m1/s1.